The summed E-state index contributed by atoms with van der Waals surface area (Å²) in [6.45, 7) is 4.72. The number of nitrogens with one attached hydrogen (secondary N) is 1. The summed E-state index contributed by atoms with van der Waals surface area (Å²) in [5.41, 5.74) is 0.613. The fourth-order valence-corrected chi connectivity index (χ4v) is 3.53. The molecule has 0 radical (unpaired) electrons. The first-order valence-electron chi connectivity index (χ1n) is 9.19. The molecule has 1 aromatic carbocycles. The predicted octanol–water partition coefficient (Wildman–Crippen LogP) is 1.76. The molecular weight excluding hydrogens is 366 g/mol. The third-order valence-corrected chi connectivity index (χ3v) is 4.93. The van der Waals surface area contributed by atoms with E-state index in [4.69, 9.17) is 18.9 Å². The zero-order valence-electron chi connectivity index (χ0n) is 15.9. The quantitative estimate of drug-likeness (QED) is 0.824. The van der Waals surface area contributed by atoms with Gasteiger partial charge in [-0.1, -0.05) is 13.8 Å². The van der Waals surface area contributed by atoms with Crippen LogP contribution in [0.4, 0.5) is 10.5 Å². The largest absolute Gasteiger partial charge is 0.497 e. The number of rotatable bonds is 5. The van der Waals surface area contributed by atoms with Crippen molar-refractivity contribution in [3.8, 4) is 5.75 Å². The molecule has 1 amide bonds. The van der Waals surface area contributed by atoms with Crippen molar-refractivity contribution in [3.05, 3.63) is 30.1 Å². The Labute approximate surface area is 162 Å². The van der Waals surface area contributed by atoms with Gasteiger partial charge in [0.2, 0.25) is 0 Å². The van der Waals surface area contributed by atoms with Gasteiger partial charge in [-0.3, -0.25) is 5.32 Å². The number of methoxy groups -OCH3 is 1. The number of tetrazole rings is 1. The first kappa shape index (κ1) is 18.6. The van der Waals surface area contributed by atoms with E-state index in [1.54, 1.807) is 36.1 Å². The van der Waals surface area contributed by atoms with E-state index in [1.807, 2.05) is 13.8 Å². The molecule has 1 aromatic heterocycles. The van der Waals surface area contributed by atoms with Crippen molar-refractivity contribution in [3.63, 3.8) is 0 Å². The first-order valence-corrected chi connectivity index (χ1v) is 9.19. The zero-order valence-corrected chi connectivity index (χ0v) is 15.9. The van der Waals surface area contributed by atoms with E-state index in [1.165, 1.54) is 0 Å². The monoisotopic (exact) mass is 389 g/mol. The molecule has 2 fully saturated rings. The van der Waals surface area contributed by atoms with Crippen molar-refractivity contribution in [1.29, 1.82) is 0 Å². The average Bonchev–Trinajstić information content (AvgIpc) is 3.39. The van der Waals surface area contributed by atoms with Crippen LogP contribution in [0.5, 0.6) is 5.75 Å². The lowest BCUT2D eigenvalue weighted by Gasteiger charge is -2.18. The van der Waals surface area contributed by atoms with Gasteiger partial charge in [0.15, 0.2) is 11.9 Å². The SMILES string of the molecule is COc1ccc(NC(=O)O[C@@H]2CO[C@H]3[C@@H]2OC[C@@H]3n2nnnc2C(C)C)cc1. The molecule has 2 aromatic rings. The number of benzene rings is 1. The molecule has 2 saturated heterocycles. The number of fused-ring (bicyclic) bond motifs is 1. The van der Waals surface area contributed by atoms with E-state index in [-0.39, 0.29) is 30.8 Å². The topological polar surface area (TPSA) is 110 Å². The van der Waals surface area contributed by atoms with Crippen LogP contribution in [0.2, 0.25) is 0 Å². The van der Waals surface area contributed by atoms with Gasteiger partial charge in [-0.25, -0.2) is 9.48 Å². The lowest BCUT2D eigenvalue weighted by molar-refractivity contribution is 0.00763. The Kier molecular flexibility index (Phi) is 5.14. The summed E-state index contributed by atoms with van der Waals surface area (Å²) < 4.78 is 24.2. The summed E-state index contributed by atoms with van der Waals surface area (Å²) in [6, 6.07) is 6.85. The van der Waals surface area contributed by atoms with Gasteiger partial charge < -0.3 is 18.9 Å². The standard InChI is InChI=1S/C18H23N5O5/c1-10(2)17-20-21-22-23(17)13-8-26-16-14(9-27-15(13)16)28-18(24)19-11-4-6-12(25-3)7-5-11/h4-7,10,13-16H,8-9H2,1-3H3,(H,19,24)/t13-,14+,15+,16+/m0/s1. The van der Waals surface area contributed by atoms with Gasteiger partial charge in [-0.2, -0.15) is 0 Å². The molecule has 2 aliphatic heterocycles. The molecule has 10 nitrogen and oxygen atoms in total. The fraction of sp³-hybridized carbons (Fsp3) is 0.556. The van der Waals surface area contributed by atoms with Crippen LogP contribution in [0.15, 0.2) is 24.3 Å². The van der Waals surface area contributed by atoms with Gasteiger partial charge in [0.25, 0.3) is 0 Å². The van der Waals surface area contributed by atoms with Crippen molar-refractivity contribution in [2.45, 2.75) is 44.1 Å². The van der Waals surface area contributed by atoms with E-state index >= 15 is 0 Å². The number of ether oxygens (including phenoxy) is 4. The van der Waals surface area contributed by atoms with Gasteiger partial charge in [0, 0.05) is 11.6 Å². The highest BCUT2D eigenvalue weighted by molar-refractivity contribution is 5.84. The molecule has 1 N–H and O–H groups in total. The third kappa shape index (κ3) is 3.52. The minimum atomic E-state index is -0.559. The van der Waals surface area contributed by atoms with Crippen molar-refractivity contribution >= 4 is 11.8 Å². The number of carbonyl (C=O) groups is 1. The van der Waals surface area contributed by atoms with Crippen LogP contribution in [0.3, 0.4) is 0 Å². The lowest BCUT2D eigenvalue weighted by Crippen LogP contribution is -2.35. The minimum absolute atomic E-state index is 0.143. The van der Waals surface area contributed by atoms with Crippen molar-refractivity contribution in [2.75, 3.05) is 25.6 Å². The van der Waals surface area contributed by atoms with Gasteiger partial charge in [-0.05, 0) is 34.7 Å². The Bertz CT molecular complexity index is 824. The molecular formula is C18H23N5O5. The molecule has 2 aliphatic rings. The Morgan fingerprint density at radius 2 is 1.96 bits per heavy atom. The predicted molar refractivity (Wildman–Crippen MR) is 97.3 cm³/mol. The number of anilines is 1. The number of hydrogen-bond acceptors (Lipinski definition) is 8. The summed E-state index contributed by atoms with van der Waals surface area (Å²) in [5.74, 6) is 1.66. The minimum Gasteiger partial charge on any atom is -0.497 e. The lowest BCUT2D eigenvalue weighted by atomic mass is 10.1. The van der Waals surface area contributed by atoms with E-state index in [0.29, 0.717) is 18.0 Å². The highest BCUT2D eigenvalue weighted by Crippen LogP contribution is 2.36. The van der Waals surface area contributed by atoms with Crippen molar-refractivity contribution in [1.82, 2.24) is 20.2 Å². The van der Waals surface area contributed by atoms with Crippen molar-refractivity contribution in [2.24, 2.45) is 0 Å². The molecule has 0 aliphatic carbocycles. The van der Waals surface area contributed by atoms with Crippen LogP contribution in [0.25, 0.3) is 0 Å². The van der Waals surface area contributed by atoms with Gasteiger partial charge in [-0.15, -0.1) is 5.10 Å². The fourth-order valence-electron chi connectivity index (χ4n) is 3.53. The highest BCUT2D eigenvalue weighted by Gasteiger charge is 2.51. The Morgan fingerprint density at radius 3 is 2.68 bits per heavy atom. The molecule has 150 valence electrons. The Hall–Kier alpha value is -2.72. The van der Waals surface area contributed by atoms with Gasteiger partial charge >= 0.3 is 6.09 Å². The molecule has 3 heterocycles. The van der Waals surface area contributed by atoms with Crippen LogP contribution >= 0.6 is 0 Å². The maximum Gasteiger partial charge on any atom is 0.412 e. The second-order valence-corrected chi connectivity index (χ2v) is 7.10. The Morgan fingerprint density at radius 1 is 1.21 bits per heavy atom. The van der Waals surface area contributed by atoms with Gasteiger partial charge in [0.05, 0.1) is 20.3 Å². The molecule has 0 bridgehead atoms. The van der Waals surface area contributed by atoms with Gasteiger partial charge in [0.1, 0.15) is 24.0 Å². The van der Waals surface area contributed by atoms with Crippen LogP contribution in [0, 0.1) is 0 Å². The van der Waals surface area contributed by atoms with Crippen molar-refractivity contribution < 1.29 is 23.7 Å². The third-order valence-electron chi connectivity index (χ3n) is 4.93. The smallest absolute Gasteiger partial charge is 0.412 e. The number of carbonyl (C=O) groups excluding carboxylic acids is 1. The second kappa shape index (κ2) is 7.72. The number of nitrogens with zero attached hydrogens (tertiary/aromatic N) is 4. The molecule has 0 saturated carbocycles. The summed E-state index contributed by atoms with van der Waals surface area (Å²) in [4.78, 5) is 12.3. The summed E-state index contributed by atoms with van der Waals surface area (Å²) in [5, 5.41) is 14.7. The summed E-state index contributed by atoms with van der Waals surface area (Å²) in [6.07, 6.45) is -1.67. The molecule has 10 heteroatoms. The molecule has 4 atom stereocenters. The number of amides is 1. The summed E-state index contributed by atoms with van der Waals surface area (Å²) >= 11 is 0. The van der Waals surface area contributed by atoms with E-state index < -0.39 is 12.2 Å². The van der Waals surface area contributed by atoms with E-state index in [2.05, 4.69) is 20.8 Å². The van der Waals surface area contributed by atoms with E-state index in [0.717, 1.165) is 5.82 Å². The maximum absolute atomic E-state index is 12.3. The van der Waals surface area contributed by atoms with Crippen LogP contribution in [-0.2, 0) is 14.2 Å². The highest BCUT2D eigenvalue weighted by atomic mass is 16.6. The number of hydrogen-bond donors (Lipinski definition) is 1. The Balaban J connectivity index is 1.37. The molecule has 0 unspecified atom stereocenters. The second-order valence-electron chi connectivity index (χ2n) is 7.10. The van der Waals surface area contributed by atoms with Crippen LogP contribution < -0.4 is 10.1 Å². The maximum atomic E-state index is 12.3. The zero-order chi connectivity index (χ0) is 19.7. The molecule has 28 heavy (non-hydrogen) atoms. The molecule has 4 rings (SSSR count). The number of aromatic nitrogens is 4. The molecule has 0 spiro atoms. The normalized spacial score (nSPS) is 26.3. The van der Waals surface area contributed by atoms with E-state index in [9.17, 15) is 4.79 Å². The average molecular weight is 389 g/mol. The summed E-state index contributed by atoms with van der Waals surface area (Å²) in [7, 11) is 1.58. The van der Waals surface area contributed by atoms with Crippen LogP contribution in [-0.4, -0.2) is 64.9 Å². The first-order chi connectivity index (χ1) is 13.6. The van der Waals surface area contributed by atoms with Crippen LogP contribution in [0.1, 0.15) is 31.6 Å².